The molecule has 2 aliphatic rings. The van der Waals surface area contributed by atoms with E-state index in [1.165, 1.54) is 45.2 Å². The first-order chi connectivity index (χ1) is 8.74. The molecule has 2 fully saturated rings. The molecule has 1 unspecified atom stereocenters. The maximum Gasteiger partial charge on any atom is 0.221 e. The van der Waals surface area contributed by atoms with Crippen LogP contribution in [0.5, 0.6) is 0 Å². The van der Waals surface area contributed by atoms with Crippen molar-refractivity contribution in [3.63, 3.8) is 0 Å². The summed E-state index contributed by atoms with van der Waals surface area (Å²) in [4.78, 5) is 14.0. The van der Waals surface area contributed by atoms with E-state index in [0.29, 0.717) is 18.5 Å². The highest BCUT2D eigenvalue weighted by Gasteiger charge is 2.22. The summed E-state index contributed by atoms with van der Waals surface area (Å²) in [6.45, 7) is 6.62. The van der Waals surface area contributed by atoms with Crippen LogP contribution >= 0.6 is 0 Å². The number of likely N-dealkylation sites (tertiary alicyclic amines) is 1. The fraction of sp³-hybridized carbons (Fsp3) is 0.929. The van der Waals surface area contributed by atoms with Gasteiger partial charge in [-0.3, -0.25) is 4.79 Å². The minimum absolute atomic E-state index is 0.204. The Morgan fingerprint density at radius 3 is 2.67 bits per heavy atom. The molecule has 1 aliphatic heterocycles. The highest BCUT2D eigenvalue weighted by molar-refractivity contribution is 5.76. The number of hydrogen-bond acceptors (Lipinski definition) is 3. The predicted octanol–water partition coefficient (Wildman–Crippen LogP) is 1.12. The summed E-state index contributed by atoms with van der Waals surface area (Å²) in [6.07, 6.45) is 7.03. The third-order valence-electron chi connectivity index (χ3n) is 3.77. The van der Waals surface area contributed by atoms with Gasteiger partial charge in [0, 0.05) is 31.6 Å². The van der Waals surface area contributed by atoms with Gasteiger partial charge in [0.25, 0.3) is 0 Å². The minimum Gasteiger partial charge on any atom is -0.353 e. The maximum atomic E-state index is 11.5. The number of amides is 1. The smallest absolute Gasteiger partial charge is 0.221 e. The summed E-state index contributed by atoms with van der Waals surface area (Å²) in [5.41, 5.74) is 0. The molecule has 1 heterocycles. The average Bonchev–Trinajstić information content (AvgIpc) is 3.14. The van der Waals surface area contributed by atoms with E-state index < -0.39 is 0 Å². The Morgan fingerprint density at radius 1 is 1.28 bits per heavy atom. The number of rotatable bonds is 7. The molecule has 1 saturated heterocycles. The lowest BCUT2D eigenvalue weighted by Crippen LogP contribution is -2.42. The Bertz CT molecular complexity index is 260. The molecule has 0 bridgehead atoms. The van der Waals surface area contributed by atoms with Gasteiger partial charge in [-0.1, -0.05) is 6.42 Å². The van der Waals surface area contributed by atoms with Crippen molar-refractivity contribution in [1.29, 1.82) is 0 Å². The van der Waals surface area contributed by atoms with Crippen LogP contribution in [0.4, 0.5) is 0 Å². The number of hydrogen-bond donors (Lipinski definition) is 2. The summed E-state index contributed by atoms with van der Waals surface area (Å²) in [5, 5.41) is 6.47. The van der Waals surface area contributed by atoms with Crippen molar-refractivity contribution in [2.24, 2.45) is 0 Å². The molecule has 4 nitrogen and oxygen atoms in total. The molecular weight excluding hydrogens is 226 g/mol. The van der Waals surface area contributed by atoms with E-state index in [4.69, 9.17) is 0 Å². The molecule has 1 aliphatic carbocycles. The van der Waals surface area contributed by atoms with Crippen LogP contribution in [0.1, 0.15) is 45.4 Å². The molecule has 1 saturated carbocycles. The van der Waals surface area contributed by atoms with E-state index in [1.54, 1.807) is 0 Å². The molecule has 0 aromatic heterocycles. The van der Waals surface area contributed by atoms with Crippen molar-refractivity contribution in [2.75, 3.05) is 26.2 Å². The van der Waals surface area contributed by atoms with Crippen LogP contribution in [0.15, 0.2) is 0 Å². The quantitative estimate of drug-likeness (QED) is 0.714. The zero-order chi connectivity index (χ0) is 12.8. The third kappa shape index (κ3) is 5.36. The first kappa shape index (κ1) is 13.8. The predicted molar refractivity (Wildman–Crippen MR) is 73.5 cm³/mol. The van der Waals surface area contributed by atoms with Gasteiger partial charge in [0.1, 0.15) is 0 Å². The summed E-state index contributed by atoms with van der Waals surface area (Å²) in [7, 11) is 0. The number of nitrogens with zero attached hydrogens (tertiary/aromatic N) is 1. The van der Waals surface area contributed by atoms with Crippen LogP contribution < -0.4 is 10.6 Å². The Labute approximate surface area is 110 Å². The molecule has 0 radical (unpaired) electrons. The molecule has 2 rings (SSSR count). The molecule has 1 amide bonds. The van der Waals surface area contributed by atoms with Crippen LogP contribution in [0, 0.1) is 0 Å². The molecule has 1 atom stereocenters. The SMILES string of the molecule is CC(CN1CCCCC1)NCCC(=O)NC1CC1. The molecule has 0 aromatic rings. The molecule has 0 aromatic carbocycles. The Balaban J connectivity index is 1.50. The van der Waals surface area contributed by atoms with Gasteiger partial charge in [0.05, 0.1) is 0 Å². The zero-order valence-electron chi connectivity index (χ0n) is 11.6. The van der Waals surface area contributed by atoms with Gasteiger partial charge in [-0.05, 0) is 45.7 Å². The van der Waals surface area contributed by atoms with E-state index in [2.05, 4.69) is 22.5 Å². The molecular formula is C14H27N3O. The largest absolute Gasteiger partial charge is 0.353 e. The first-order valence-corrected chi connectivity index (χ1v) is 7.49. The average molecular weight is 253 g/mol. The van der Waals surface area contributed by atoms with Gasteiger partial charge >= 0.3 is 0 Å². The van der Waals surface area contributed by atoms with Crippen molar-refractivity contribution in [3.05, 3.63) is 0 Å². The highest BCUT2D eigenvalue weighted by Crippen LogP contribution is 2.18. The lowest BCUT2D eigenvalue weighted by Gasteiger charge is -2.29. The summed E-state index contributed by atoms with van der Waals surface area (Å²) < 4.78 is 0. The normalized spacial score (nSPS) is 22.7. The fourth-order valence-electron chi connectivity index (χ4n) is 2.55. The van der Waals surface area contributed by atoms with Gasteiger partial charge in [-0.15, -0.1) is 0 Å². The van der Waals surface area contributed by atoms with E-state index in [-0.39, 0.29) is 5.91 Å². The fourth-order valence-corrected chi connectivity index (χ4v) is 2.55. The van der Waals surface area contributed by atoms with Gasteiger partial charge in [0.15, 0.2) is 0 Å². The van der Waals surface area contributed by atoms with E-state index >= 15 is 0 Å². The molecule has 0 spiro atoms. The zero-order valence-corrected chi connectivity index (χ0v) is 11.6. The van der Waals surface area contributed by atoms with Crippen molar-refractivity contribution >= 4 is 5.91 Å². The number of nitrogens with one attached hydrogen (secondary N) is 2. The van der Waals surface area contributed by atoms with Crippen molar-refractivity contribution in [3.8, 4) is 0 Å². The van der Waals surface area contributed by atoms with Crippen molar-refractivity contribution in [1.82, 2.24) is 15.5 Å². The topological polar surface area (TPSA) is 44.4 Å². The molecule has 18 heavy (non-hydrogen) atoms. The Hall–Kier alpha value is -0.610. The summed E-state index contributed by atoms with van der Waals surface area (Å²) in [6, 6.07) is 0.972. The summed E-state index contributed by atoms with van der Waals surface area (Å²) in [5.74, 6) is 0.204. The lowest BCUT2D eigenvalue weighted by molar-refractivity contribution is -0.121. The molecule has 2 N–H and O–H groups in total. The van der Waals surface area contributed by atoms with Gasteiger partial charge < -0.3 is 15.5 Å². The maximum absolute atomic E-state index is 11.5. The van der Waals surface area contributed by atoms with Gasteiger partial charge in [-0.25, -0.2) is 0 Å². The second-order valence-electron chi connectivity index (χ2n) is 5.81. The van der Waals surface area contributed by atoms with Crippen LogP contribution in [0.3, 0.4) is 0 Å². The van der Waals surface area contributed by atoms with E-state index in [9.17, 15) is 4.79 Å². The van der Waals surface area contributed by atoms with Crippen molar-refractivity contribution < 1.29 is 4.79 Å². The second kappa shape index (κ2) is 7.10. The van der Waals surface area contributed by atoms with E-state index in [1.807, 2.05) is 0 Å². The standard InChI is InChI=1S/C14H27N3O/c1-12(11-17-9-3-2-4-10-17)15-8-7-14(18)16-13-5-6-13/h12-13,15H,2-11H2,1H3,(H,16,18). The molecule has 104 valence electrons. The second-order valence-corrected chi connectivity index (χ2v) is 5.81. The van der Waals surface area contributed by atoms with E-state index in [0.717, 1.165) is 13.1 Å². The number of carbonyl (C=O) groups is 1. The summed E-state index contributed by atoms with van der Waals surface area (Å²) >= 11 is 0. The van der Waals surface area contributed by atoms with Crippen molar-refractivity contribution in [2.45, 2.75) is 57.5 Å². The van der Waals surface area contributed by atoms with Crippen LogP contribution in [0.25, 0.3) is 0 Å². The number of piperidine rings is 1. The van der Waals surface area contributed by atoms with Gasteiger partial charge in [-0.2, -0.15) is 0 Å². The van der Waals surface area contributed by atoms with Crippen LogP contribution in [0.2, 0.25) is 0 Å². The third-order valence-corrected chi connectivity index (χ3v) is 3.77. The molecule has 4 heteroatoms. The number of carbonyl (C=O) groups excluding carboxylic acids is 1. The Kier molecular flexibility index (Phi) is 5.45. The monoisotopic (exact) mass is 253 g/mol. The Morgan fingerprint density at radius 2 is 2.00 bits per heavy atom. The van der Waals surface area contributed by atoms with Crippen LogP contribution in [-0.2, 0) is 4.79 Å². The van der Waals surface area contributed by atoms with Gasteiger partial charge in [0.2, 0.25) is 5.91 Å². The lowest BCUT2D eigenvalue weighted by atomic mass is 10.1. The highest BCUT2D eigenvalue weighted by atomic mass is 16.1. The minimum atomic E-state index is 0.204. The first-order valence-electron chi connectivity index (χ1n) is 7.49. The van der Waals surface area contributed by atoms with Crippen LogP contribution in [-0.4, -0.2) is 49.1 Å².